The van der Waals surface area contributed by atoms with Crippen molar-refractivity contribution in [2.75, 3.05) is 19.3 Å². The molecule has 1 aromatic heterocycles. The van der Waals surface area contributed by atoms with Gasteiger partial charge in [-0.2, -0.15) is 0 Å². The highest BCUT2D eigenvalue weighted by Gasteiger charge is 2.29. The molecule has 1 aromatic rings. The Hall–Kier alpha value is -1.62. The molecule has 1 fully saturated rings. The number of carbonyl (C=O) groups excluding carboxylic acids is 1. The molecule has 0 saturated heterocycles. The largest absolute Gasteiger partial charge is 0.384 e. The zero-order chi connectivity index (χ0) is 13.1. The van der Waals surface area contributed by atoms with E-state index in [0.29, 0.717) is 30.0 Å². The van der Waals surface area contributed by atoms with Gasteiger partial charge in [-0.1, -0.05) is 0 Å². The van der Waals surface area contributed by atoms with Crippen molar-refractivity contribution < 1.29 is 4.79 Å². The van der Waals surface area contributed by atoms with Crippen LogP contribution in [-0.4, -0.2) is 41.5 Å². The van der Waals surface area contributed by atoms with Gasteiger partial charge in [-0.15, -0.1) is 0 Å². The number of hydrogen-bond acceptors (Lipinski definition) is 4. The second-order valence-electron chi connectivity index (χ2n) is 4.93. The normalized spacial score (nSPS) is 16.6. The van der Waals surface area contributed by atoms with Crippen molar-refractivity contribution in [3.05, 3.63) is 23.9 Å². The van der Waals surface area contributed by atoms with Crippen LogP contribution in [0, 0.1) is 0 Å². The summed E-state index contributed by atoms with van der Waals surface area (Å²) in [5.74, 6) is 0.269. The van der Waals surface area contributed by atoms with Crippen molar-refractivity contribution in [1.29, 1.82) is 0 Å². The van der Waals surface area contributed by atoms with Crippen LogP contribution in [0.4, 0.5) is 5.82 Å². The Balaban J connectivity index is 1.84. The maximum absolute atomic E-state index is 11.9. The van der Waals surface area contributed by atoms with Crippen LogP contribution >= 0.6 is 0 Å². The number of nitrogens with one attached hydrogen (secondary N) is 1. The first-order valence-electron chi connectivity index (χ1n) is 6.29. The second-order valence-corrected chi connectivity index (χ2v) is 4.93. The topological polar surface area (TPSA) is 71.2 Å². The molecule has 1 amide bonds. The van der Waals surface area contributed by atoms with E-state index in [2.05, 4.69) is 29.2 Å². The number of likely N-dealkylation sites (N-methyl/N-ethyl adjacent to an activating group) is 1. The molecule has 0 spiro atoms. The maximum Gasteiger partial charge on any atom is 0.251 e. The van der Waals surface area contributed by atoms with E-state index < -0.39 is 0 Å². The fraction of sp³-hybridized carbons (Fsp3) is 0.538. The van der Waals surface area contributed by atoms with Crippen molar-refractivity contribution in [1.82, 2.24) is 15.2 Å². The van der Waals surface area contributed by atoms with Gasteiger partial charge in [0.25, 0.3) is 5.91 Å². The quantitative estimate of drug-likeness (QED) is 0.811. The molecule has 1 atom stereocenters. The summed E-state index contributed by atoms with van der Waals surface area (Å²) in [7, 11) is 2.11. The molecule has 1 heterocycles. The lowest BCUT2D eigenvalue weighted by molar-refractivity contribution is 0.0939. The lowest BCUT2D eigenvalue weighted by Crippen LogP contribution is -2.41. The summed E-state index contributed by atoms with van der Waals surface area (Å²) in [5.41, 5.74) is 6.11. The van der Waals surface area contributed by atoms with E-state index in [4.69, 9.17) is 5.73 Å². The maximum atomic E-state index is 11.9. The summed E-state index contributed by atoms with van der Waals surface area (Å²) >= 11 is 0. The Bertz CT molecular complexity index is 431. The average Bonchev–Trinajstić information content (AvgIpc) is 3.18. The van der Waals surface area contributed by atoms with E-state index >= 15 is 0 Å². The van der Waals surface area contributed by atoms with Crippen LogP contribution in [0.1, 0.15) is 30.1 Å². The van der Waals surface area contributed by atoms with Gasteiger partial charge in [0.15, 0.2) is 0 Å². The number of carbonyl (C=O) groups is 1. The minimum absolute atomic E-state index is 0.0971. The van der Waals surface area contributed by atoms with Crippen LogP contribution in [0.3, 0.4) is 0 Å². The van der Waals surface area contributed by atoms with E-state index in [0.717, 1.165) is 0 Å². The first kappa shape index (κ1) is 12.8. The molecule has 0 aliphatic heterocycles. The van der Waals surface area contributed by atoms with Gasteiger partial charge in [0.05, 0.1) is 0 Å². The lowest BCUT2D eigenvalue weighted by Gasteiger charge is -2.24. The summed E-state index contributed by atoms with van der Waals surface area (Å²) in [6.45, 7) is 2.77. The number of nitrogen functional groups attached to an aromatic ring is 1. The molecule has 1 saturated carbocycles. The van der Waals surface area contributed by atoms with Crippen molar-refractivity contribution in [2.45, 2.75) is 31.8 Å². The summed E-state index contributed by atoms with van der Waals surface area (Å²) in [6.07, 6.45) is 4.09. The number of nitrogens with two attached hydrogens (primary N) is 1. The van der Waals surface area contributed by atoms with Crippen LogP contribution in [-0.2, 0) is 0 Å². The Morgan fingerprint density at radius 1 is 1.67 bits per heavy atom. The fourth-order valence-electron chi connectivity index (χ4n) is 1.92. The number of rotatable bonds is 5. The Morgan fingerprint density at radius 3 is 3.00 bits per heavy atom. The van der Waals surface area contributed by atoms with Crippen molar-refractivity contribution >= 4 is 11.7 Å². The fourth-order valence-corrected chi connectivity index (χ4v) is 1.92. The summed E-state index contributed by atoms with van der Waals surface area (Å²) in [4.78, 5) is 18.1. The molecule has 0 aromatic carbocycles. The highest BCUT2D eigenvalue weighted by molar-refractivity contribution is 5.94. The van der Waals surface area contributed by atoms with Crippen molar-refractivity contribution in [3.63, 3.8) is 0 Å². The zero-order valence-electron chi connectivity index (χ0n) is 10.9. The monoisotopic (exact) mass is 248 g/mol. The third kappa shape index (κ3) is 3.20. The number of amides is 1. The standard InChI is InChI=1S/C13H20N4O/c1-9(17(2)11-3-4-11)8-16-13(18)10-5-6-15-12(14)7-10/h5-7,9,11H,3-4,8H2,1-2H3,(H2,14,15)(H,16,18). The molecule has 1 aliphatic carbocycles. The van der Waals surface area contributed by atoms with Gasteiger partial charge in [-0.25, -0.2) is 4.98 Å². The van der Waals surface area contributed by atoms with E-state index in [1.807, 2.05) is 0 Å². The Morgan fingerprint density at radius 2 is 2.39 bits per heavy atom. The minimum atomic E-state index is -0.0971. The van der Waals surface area contributed by atoms with Crippen LogP contribution in [0.25, 0.3) is 0 Å². The van der Waals surface area contributed by atoms with E-state index in [1.165, 1.54) is 12.8 Å². The third-order valence-electron chi connectivity index (χ3n) is 3.42. The number of hydrogen-bond donors (Lipinski definition) is 2. The predicted octanol–water partition coefficient (Wildman–Crippen LogP) is 0.876. The van der Waals surface area contributed by atoms with Gasteiger partial charge >= 0.3 is 0 Å². The number of pyridine rings is 1. The summed E-state index contributed by atoms with van der Waals surface area (Å²) in [5, 5.41) is 2.93. The number of nitrogens with zero attached hydrogens (tertiary/aromatic N) is 2. The number of aromatic nitrogens is 1. The van der Waals surface area contributed by atoms with E-state index in [1.54, 1.807) is 18.3 Å². The van der Waals surface area contributed by atoms with E-state index in [9.17, 15) is 4.79 Å². The minimum Gasteiger partial charge on any atom is -0.384 e. The molecule has 5 heteroatoms. The van der Waals surface area contributed by atoms with Crippen LogP contribution in [0.2, 0.25) is 0 Å². The average molecular weight is 248 g/mol. The third-order valence-corrected chi connectivity index (χ3v) is 3.42. The summed E-state index contributed by atoms with van der Waals surface area (Å²) < 4.78 is 0. The zero-order valence-corrected chi connectivity index (χ0v) is 10.9. The Kier molecular flexibility index (Phi) is 3.81. The lowest BCUT2D eigenvalue weighted by atomic mass is 10.2. The second kappa shape index (κ2) is 5.35. The van der Waals surface area contributed by atoms with Crippen molar-refractivity contribution in [2.24, 2.45) is 0 Å². The Labute approximate surface area is 107 Å². The highest BCUT2D eigenvalue weighted by atomic mass is 16.1. The SMILES string of the molecule is CC(CNC(=O)c1ccnc(N)c1)N(C)C1CC1. The van der Waals surface area contributed by atoms with Crippen LogP contribution in [0.15, 0.2) is 18.3 Å². The summed E-state index contributed by atoms with van der Waals surface area (Å²) in [6, 6.07) is 4.31. The number of anilines is 1. The molecular formula is C13H20N4O. The molecular weight excluding hydrogens is 228 g/mol. The van der Waals surface area contributed by atoms with Gasteiger partial charge in [-0.3, -0.25) is 9.69 Å². The molecule has 1 unspecified atom stereocenters. The van der Waals surface area contributed by atoms with E-state index in [-0.39, 0.29) is 5.91 Å². The van der Waals surface area contributed by atoms with Gasteiger partial charge < -0.3 is 11.1 Å². The molecule has 5 nitrogen and oxygen atoms in total. The molecule has 1 aliphatic rings. The van der Waals surface area contributed by atoms with Gasteiger partial charge in [-0.05, 0) is 38.9 Å². The molecule has 98 valence electrons. The van der Waals surface area contributed by atoms with Gasteiger partial charge in [0, 0.05) is 30.4 Å². The molecule has 18 heavy (non-hydrogen) atoms. The van der Waals surface area contributed by atoms with Crippen LogP contribution < -0.4 is 11.1 Å². The molecule has 0 bridgehead atoms. The van der Waals surface area contributed by atoms with Gasteiger partial charge in [0.1, 0.15) is 5.82 Å². The van der Waals surface area contributed by atoms with Crippen LogP contribution in [0.5, 0.6) is 0 Å². The van der Waals surface area contributed by atoms with Crippen molar-refractivity contribution in [3.8, 4) is 0 Å². The molecule has 0 radical (unpaired) electrons. The smallest absolute Gasteiger partial charge is 0.251 e. The highest BCUT2D eigenvalue weighted by Crippen LogP contribution is 2.26. The molecule has 3 N–H and O–H groups in total. The first-order chi connectivity index (χ1) is 8.58. The van der Waals surface area contributed by atoms with Gasteiger partial charge in [0.2, 0.25) is 0 Å². The first-order valence-corrected chi connectivity index (χ1v) is 6.29. The predicted molar refractivity (Wildman–Crippen MR) is 71.2 cm³/mol. The molecule has 2 rings (SSSR count).